The minimum Gasteiger partial charge on any atom is -0.330 e. The molecule has 0 saturated heterocycles. The van der Waals surface area contributed by atoms with E-state index < -0.39 is 30.2 Å². The molecule has 1 amide bonds. The molecule has 0 atom stereocenters. The molecule has 88 valence electrons. The zero-order chi connectivity index (χ0) is 11.9. The number of amides is 1. The van der Waals surface area contributed by atoms with Gasteiger partial charge in [-0.3, -0.25) is 4.79 Å². The first-order chi connectivity index (χ1) is 6.66. The molecule has 0 radical (unpaired) electrons. The van der Waals surface area contributed by atoms with Crippen LogP contribution in [0.2, 0.25) is 0 Å². The van der Waals surface area contributed by atoms with Crippen LogP contribution in [0.15, 0.2) is 0 Å². The molecule has 0 aromatic rings. The summed E-state index contributed by atoms with van der Waals surface area (Å²) in [7, 11) is 0. The van der Waals surface area contributed by atoms with Crippen LogP contribution < -0.4 is 5.73 Å². The minimum absolute atomic E-state index is 0.479. The van der Waals surface area contributed by atoms with Gasteiger partial charge in [0.1, 0.15) is 6.54 Å². The fourth-order valence-corrected chi connectivity index (χ4v) is 1.32. The Labute approximate surface area is 86.4 Å². The van der Waals surface area contributed by atoms with Gasteiger partial charge in [0.2, 0.25) is 5.91 Å². The lowest BCUT2D eigenvalue weighted by molar-refractivity contribution is -0.166. The van der Waals surface area contributed by atoms with Gasteiger partial charge in [-0.1, -0.05) is 0 Å². The molecule has 2 N–H and O–H groups in total. The summed E-state index contributed by atoms with van der Waals surface area (Å²) < 4.78 is 36.6. The molecule has 1 aliphatic rings. The number of alkyl halides is 3. The molecule has 15 heavy (non-hydrogen) atoms. The minimum atomic E-state index is -4.37. The number of nitrogens with two attached hydrogens (primary N) is 1. The monoisotopic (exact) mass is 224 g/mol. The fourth-order valence-electron chi connectivity index (χ4n) is 1.32. The zero-order valence-electron chi connectivity index (χ0n) is 8.77. The van der Waals surface area contributed by atoms with Crippen LogP contribution in [0.4, 0.5) is 13.2 Å². The quantitative estimate of drug-likeness (QED) is 0.784. The first kappa shape index (κ1) is 12.3. The van der Waals surface area contributed by atoms with Crippen molar-refractivity contribution in [3.05, 3.63) is 0 Å². The Bertz CT molecular complexity index is 259. The van der Waals surface area contributed by atoms with Crippen LogP contribution in [0.5, 0.6) is 0 Å². The summed E-state index contributed by atoms with van der Waals surface area (Å²) in [5, 5.41) is 0. The van der Waals surface area contributed by atoms with Crippen LogP contribution in [0, 0.1) is 0 Å². The highest BCUT2D eigenvalue weighted by Crippen LogP contribution is 2.35. The highest BCUT2D eigenvalue weighted by Gasteiger charge is 2.50. The first-order valence-electron chi connectivity index (χ1n) is 4.82. The maximum atomic E-state index is 12.2. The Morgan fingerprint density at radius 3 is 2.20 bits per heavy atom. The summed E-state index contributed by atoms with van der Waals surface area (Å²) in [5.74, 6) is -0.588. The smallest absolute Gasteiger partial charge is 0.330 e. The molecular weight excluding hydrogens is 209 g/mol. The van der Waals surface area contributed by atoms with Gasteiger partial charge < -0.3 is 10.6 Å². The molecule has 0 bridgehead atoms. The number of halogens is 3. The van der Waals surface area contributed by atoms with Crippen molar-refractivity contribution >= 4 is 5.91 Å². The molecule has 0 heterocycles. The van der Waals surface area contributed by atoms with Gasteiger partial charge in [0.25, 0.3) is 0 Å². The van der Waals surface area contributed by atoms with E-state index in [1.807, 2.05) is 0 Å². The maximum absolute atomic E-state index is 12.2. The van der Waals surface area contributed by atoms with Crippen molar-refractivity contribution in [2.24, 2.45) is 5.73 Å². The second-order valence-corrected chi connectivity index (χ2v) is 4.30. The van der Waals surface area contributed by atoms with Crippen LogP contribution in [-0.2, 0) is 4.79 Å². The third kappa shape index (κ3) is 3.09. The highest BCUT2D eigenvalue weighted by molar-refractivity contribution is 5.89. The van der Waals surface area contributed by atoms with Crippen molar-refractivity contribution in [3.8, 4) is 0 Å². The summed E-state index contributed by atoms with van der Waals surface area (Å²) >= 11 is 0. The van der Waals surface area contributed by atoms with E-state index in [9.17, 15) is 18.0 Å². The molecule has 1 rings (SSSR count). The Hall–Kier alpha value is -0.780. The van der Waals surface area contributed by atoms with Crippen molar-refractivity contribution < 1.29 is 18.0 Å². The Kier molecular flexibility index (Phi) is 3.00. The molecule has 0 aromatic heterocycles. The van der Waals surface area contributed by atoms with Crippen LogP contribution in [0.3, 0.4) is 0 Å². The lowest BCUT2D eigenvalue weighted by Crippen LogP contribution is -2.51. The van der Waals surface area contributed by atoms with Gasteiger partial charge in [-0.2, -0.15) is 13.2 Å². The zero-order valence-corrected chi connectivity index (χ0v) is 8.77. The summed E-state index contributed by atoms with van der Waals surface area (Å²) in [5.41, 5.74) is 4.56. The van der Waals surface area contributed by atoms with E-state index in [0.717, 1.165) is 4.90 Å². The molecule has 0 unspecified atom stereocenters. The van der Waals surface area contributed by atoms with E-state index in [-0.39, 0.29) is 0 Å². The van der Waals surface area contributed by atoms with Crippen molar-refractivity contribution in [3.63, 3.8) is 0 Å². The normalized spacial score (nSPS) is 19.1. The molecule has 0 aliphatic heterocycles. The van der Waals surface area contributed by atoms with E-state index in [2.05, 4.69) is 0 Å². The third-order valence-electron chi connectivity index (χ3n) is 2.45. The molecule has 3 nitrogen and oxygen atoms in total. The SMILES string of the molecule is CC(C)N(CC(F)(F)F)C(=O)C1(N)CC1. The molecule has 1 aliphatic carbocycles. The van der Waals surface area contributed by atoms with E-state index in [1.165, 1.54) is 0 Å². The van der Waals surface area contributed by atoms with E-state index in [1.54, 1.807) is 13.8 Å². The van der Waals surface area contributed by atoms with Gasteiger partial charge in [0.15, 0.2) is 0 Å². The van der Waals surface area contributed by atoms with Crippen molar-refractivity contribution in [1.29, 1.82) is 0 Å². The first-order valence-corrected chi connectivity index (χ1v) is 4.82. The average molecular weight is 224 g/mol. The number of carbonyl (C=O) groups is 1. The van der Waals surface area contributed by atoms with E-state index >= 15 is 0 Å². The molecular formula is C9H15F3N2O. The predicted molar refractivity (Wildman–Crippen MR) is 49.1 cm³/mol. The maximum Gasteiger partial charge on any atom is 0.406 e. The number of hydrogen-bond acceptors (Lipinski definition) is 2. The van der Waals surface area contributed by atoms with Gasteiger partial charge in [0, 0.05) is 6.04 Å². The fraction of sp³-hybridized carbons (Fsp3) is 0.889. The number of nitrogens with zero attached hydrogens (tertiary/aromatic N) is 1. The Morgan fingerprint density at radius 1 is 1.47 bits per heavy atom. The van der Waals surface area contributed by atoms with E-state index in [4.69, 9.17) is 5.73 Å². The highest BCUT2D eigenvalue weighted by atomic mass is 19.4. The molecule has 0 spiro atoms. The lowest BCUT2D eigenvalue weighted by Gasteiger charge is -2.30. The second kappa shape index (κ2) is 3.66. The van der Waals surface area contributed by atoms with Crippen LogP contribution in [0.25, 0.3) is 0 Å². The average Bonchev–Trinajstić information content (AvgIpc) is 2.77. The van der Waals surface area contributed by atoms with Crippen molar-refractivity contribution in [2.45, 2.75) is 44.4 Å². The molecule has 0 aromatic carbocycles. The van der Waals surface area contributed by atoms with Crippen LogP contribution in [0.1, 0.15) is 26.7 Å². The molecule has 6 heteroatoms. The largest absolute Gasteiger partial charge is 0.406 e. The lowest BCUT2D eigenvalue weighted by atomic mass is 10.2. The summed E-state index contributed by atoms with van der Waals surface area (Å²) in [6.07, 6.45) is -3.41. The predicted octanol–water partition coefficient (Wildman–Crippen LogP) is 1.28. The van der Waals surface area contributed by atoms with Crippen LogP contribution >= 0.6 is 0 Å². The van der Waals surface area contributed by atoms with Crippen LogP contribution in [-0.4, -0.2) is 35.1 Å². The summed E-state index contributed by atoms with van der Waals surface area (Å²) in [6, 6.07) is -0.486. The molecule has 1 saturated carbocycles. The van der Waals surface area contributed by atoms with Gasteiger partial charge in [-0.05, 0) is 26.7 Å². The van der Waals surface area contributed by atoms with Gasteiger partial charge in [-0.15, -0.1) is 0 Å². The third-order valence-corrected chi connectivity index (χ3v) is 2.45. The number of rotatable bonds is 3. The van der Waals surface area contributed by atoms with Gasteiger partial charge >= 0.3 is 6.18 Å². The van der Waals surface area contributed by atoms with Gasteiger partial charge in [0.05, 0.1) is 5.54 Å². The van der Waals surface area contributed by atoms with Gasteiger partial charge in [-0.25, -0.2) is 0 Å². The Balaban J connectivity index is 2.70. The summed E-state index contributed by atoms with van der Waals surface area (Å²) in [4.78, 5) is 12.4. The number of hydrogen-bond donors (Lipinski definition) is 1. The molecule has 1 fully saturated rings. The van der Waals surface area contributed by atoms with Crippen molar-refractivity contribution in [2.75, 3.05) is 6.54 Å². The van der Waals surface area contributed by atoms with Crippen molar-refractivity contribution in [1.82, 2.24) is 4.90 Å². The second-order valence-electron chi connectivity index (χ2n) is 4.30. The Morgan fingerprint density at radius 2 is 1.93 bits per heavy atom. The standard InChI is InChI=1S/C9H15F3N2O/c1-6(2)14(5-9(10,11)12)7(15)8(13)3-4-8/h6H,3-5,13H2,1-2H3. The number of carbonyl (C=O) groups excluding carboxylic acids is 1. The van der Waals surface area contributed by atoms with E-state index in [0.29, 0.717) is 12.8 Å². The summed E-state index contributed by atoms with van der Waals surface area (Å²) in [6.45, 7) is 1.88. The topological polar surface area (TPSA) is 46.3 Å².